The standard InChI is InChI=1S/C16H15N3O/c20-11-5-6-12-10(8-11)4-7-15(12)18-14-2-1-3-16-13(14)9-17-19-16/h1-3,5-6,8-9,15,18,20H,4,7H2,(H,17,19). The Bertz CT molecular complexity index is 778. The summed E-state index contributed by atoms with van der Waals surface area (Å²) in [6.07, 6.45) is 3.90. The normalized spacial score (nSPS) is 17.3. The molecule has 0 radical (unpaired) electrons. The minimum atomic E-state index is 0.297. The Labute approximate surface area is 116 Å². The largest absolute Gasteiger partial charge is 0.508 e. The van der Waals surface area contributed by atoms with Crippen molar-refractivity contribution in [3.8, 4) is 5.75 Å². The van der Waals surface area contributed by atoms with Gasteiger partial charge in [-0.1, -0.05) is 12.1 Å². The van der Waals surface area contributed by atoms with Crippen molar-refractivity contribution in [3.63, 3.8) is 0 Å². The molecule has 1 unspecified atom stereocenters. The van der Waals surface area contributed by atoms with Crippen molar-refractivity contribution in [1.29, 1.82) is 0 Å². The van der Waals surface area contributed by atoms with Crippen LogP contribution in [0.15, 0.2) is 42.6 Å². The van der Waals surface area contributed by atoms with Gasteiger partial charge < -0.3 is 10.4 Å². The predicted molar refractivity (Wildman–Crippen MR) is 78.9 cm³/mol. The number of H-pyrrole nitrogens is 1. The lowest BCUT2D eigenvalue weighted by molar-refractivity contribution is 0.474. The van der Waals surface area contributed by atoms with Gasteiger partial charge in [0, 0.05) is 11.1 Å². The van der Waals surface area contributed by atoms with Gasteiger partial charge in [-0.15, -0.1) is 0 Å². The van der Waals surface area contributed by atoms with Crippen LogP contribution in [-0.4, -0.2) is 15.3 Å². The Morgan fingerprint density at radius 1 is 1.25 bits per heavy atom. The molecule has 3 aromatic rings. The molecule has 3 N–H and O–H groups in total. The lowest BCUT2D eigenvalue weighted by Crippen LogP contribution is -2.07. The maximum atomic E-state index is 9.55. The first kappa shape index (κ1) is 11.3. The minimum absolute atomic E-state index is 0.297. The molecule has 0 saturated carbocycles. The van der Waals surface area contributed by atoms with Gasteiger partial charge in [-0.05, 0) is 48.2 Å². The molecule has 0 amide bonds. The number of phenols is 1. The van der Waals surface area contributed by atoms with E-state index in [4.69, 9.17) is 0 Å². The van der Waals surface area contributed by atoms with Gasteiger partial charge in [0.25, 0.3) is 0 Å². The molecule has 100 valence electrons. The number of anilines is 1. The van der Waals surface area contributed by atoms with E-state index in [0.29, 0.717) is 11.8 Å². The number of fused-ring (bicyclic) bond motifs is 2. The summed E-state index contributed by atoms with van der Waals surface area (Å²) < 4.78 is 0. The Morgan fingerprint density at radius 2 is 2.20 bits per heavy atom. The Morgan fingerprint density at radius 3 is 3.15 bits per heavy atom. The first-order valence-electron chi connectivity index (χ1n) is 6.82. The number of aromatic amines is 1. The van der Waals surface area contributed by atoms with E-state index in [1.54, 1.807) is 6.07 Å². The number of nitrogens with zero attached hydrogens (tertiary/aromatic N) is 1. The maximum absolute atomic E-state index is 9.55. The highest BCUT2D eigenvalue weighted by Gasteiger charge is 2.23. The van der Waals surface area contributed by atoms with Gasteiger partial charge in [0.05, 0.1) is 17.8 Å². The molecule has 0 saturated heterocycles. The van der Waals surface area contributed by atoms with Crippen LogP contribution in [0.1, 0.15) is 23.6 Å². The first-order chi connectivity index (χ1) is 9.81. The molecule has 0 spiro atoms. The number of rotatable bonds is 2. The van der Waals surface area contributed by atoms with Crippen LogP contribution in [0.2, 0.25) is 0 Å². The molecule has 2 aromatic carbocycles. The summed E-state index contributed by atoms with van der Waals surface area (Å²) in [6, 6.07) is 12.1. The van der Waals surface area contributed by atoms with Crippen molar-refractivity contribution < 1.29 is 5.11 Å². The van der Waals surface area contributed by atoms with E-state index in [-0.39, 0.29) is 0 Å². The van der Waals surface area contributed by atoms with E-state index in [1.807, 2.05) is 30.5 Å². The molecule has 20 heavy (non-hydrogen) atoms. The molecule has 4 nitrogen and oxygen atoms in total. The van der Waals surface area contributed by atoms with E-state index in [9.17, 15) is 5.11 Å². The molecule has 0 fully saturated rings. The number of nitrogens with one attached hydrogen (secondary N) is 2. The van der Waals surface area contributed by atoms with E-state index < -0.39 is 0 Å². The third-order valence-corrected chi connectivity index (χ3v) is 4.02. The van der Waals surface area contributed by atoms with Crippen LogP contribution in [0.5, 0.6) is 5.75 Å². The number of hydrogen-bond donors (Lipinski definition) is 3. The summed E-state index contributed by atoms with van der Waals surface area (Å²) in [4.78, 5) is 0. The lowest BCUT2D eigenvalue weighted by Gasteiger charge is -2.16. The maximum Gasteiger partial charge on any atom is 0.115 e. The number of aryl methyl sites for hydroxylation is 1. The fourth-order valence-corrected chi connectivity index (χ4v) is 3.04. The predicted octanol–water partition coefficient (Wildman–Crippen LogP) is 3.37. The van der Waals surface area contributed by atoms with Crippen LogP contribution in [0.4, 0.5) is 5.69 Å². The highest BCUT2D eigenvalue weighted by molar-refractivity contribution is 5.91. The summed E-state index contributed by atoms with van der Waals surface area (Å²) in [5.41, 5.74) is 4.66. The topological polar surface area (TPSA) is 60.9 Å². The fraction of sp³-hybridized carbons (Fsp3) is 0.188. The van der Waals surface area contributed by atoms with Crippen LogP contribution in [-0.2, 0) is 6.42 Å². The van der Waals surface area contributed by atoms with Gasteiger partial charge in [0.2, 0.25) is 0 Å². The van der Waals surface area contributed by atoms with Gasteiger partial charge in [-0.25, -0.2) is 0 Å². The van der Waals surface area contributed by atoms with Gasteiger partial charge in [0.15, 0.2) is 0 Å². The van der Waals surface area contributed by atoms with Crippen LogP contribution in [0, 0.1) is 0 Å². The van der Waals surface area contributed by atoms with Crippen molar-refractivity contribution in [2.45, 2.75) is 18.9 Å². The summed E-state index contributed by atoms with van der Waals surface area (Å²) in [6.45, 7) is 0. The smallest absolute Gasteiger partial charge is 0.115 e. The van der Waals surface area contributed by atoms with Crippen molar-refractivity contribution in [2.24, 2.45) is 0 Å². The molecule has 4 rings (SSSR count). The van der Waals surface area contributed by atoms with Gasteiger partial charge in [-0.3, -0.25) is 5.10 Å². The second kappa shape index (κ2) is 4.27. The molecule has 1 atom stereocenters. The number of benzene rings is 2. The highest BCUT2D eigenvalue weighted by atomic mass is 16.3. The molecule has 1 aliphatic carbocycles. The average Bonchev–Trinajstić information content (AvgIpc) is 3.06. The second-order valence-electron chi connectivity index (χ2n) is 5.26. The Hall–Kier alpha value is -2.49. The second-order valence-corrected chi connectivity index (χ2v) is 5.26. The Kier molecular flexibility index (Phi) is 2.42. The summed E-state index contributed by atoms with van der Waals surface area (Å²) in [7, 11) is 0. The van der Waals surface area contributed by atoms with Crippen LogP contribution < -0.4 is 5.32 Å². The monoisotopic (exact) mass is 265 g/mol. The Balaban J connectivity index is 1.70. The van der Waals surface area contributed by atoms with Gasteiger partial charge >= 0.3 is 0 Å². The molecule has 1 aliphatic rings. The molecular formula is C16H15N3O. The third kappa shape index (κ3) is 1.72. The third-order valence-electron chi connectivity index (χ3n) is 4.02. The van der Waals surface area contributed by atoms with Crippen molar-refractivity contribution >= 4 is 16.6 Å². The van der Waals surface area contributed by atoms with E-state index in [1.165, 1.54) is 11.1 Å². The van der Waals surface area contributed by atoms with Crippen molar-refractivity contribution in [2.75, 3.05) is 5.32 Å². The van der Waals surface area contributed by atoms with Crippen molar-refractivity contribution in [1.82, 2.24) is 10.2 Å². The molecule has 1 aromatic heterocycles. The zero-order valence-corrected chi connectivity index (χ0v) is 10.9. The zero-order valence-electron chi connectivity index (χ0n) is 10.9. The number of aromatic hydroxyl groups is 1. The summed E-state index contributed by atoms with van der Waals surface area (Å²) >= 11 is 0. The average molecular weight is 265 g/mol. The number of aromatic nitrogens is 2. The summed E-state index contributed by atoms with van der Waals surface area (Å²) in [5, 5.41) is 21.4. The molecule has 0 bridgehead atoms. The summed E-state index contributed by atoms with van der Waals surface area (Å²) in [5.74, 6) is 0.348. The molecule has 1 heterocycles. The van der Waals surface area contributed by atoms with Crippen LogP contribution in [0.25, 0.3) is 10.9 Å². The lowest BCUT2D eigenvalue weighted by atomic mass is 10.1. The number of phenolic OH excluding ortho intramolecular Hbond substituents is 1. The fourth-order valence-electron chi connectivity index (χ4n) is 3.04. The van der Waals surface area contributed by atoms with E-state index in [2.05, 4.69) is 21.6 Å². The minimum Gasteiger partial charge on any atom is -0.508 e. The van der Waals surface area contributed by atoms with Crippen LogP contribution >= 0.6 is 0 Å². The van der Waals surface area contributed by atoms with Crippen molar-refractivity contribution in [3.05, 3.63) is 53.7 Å². The highest BCUT2D eigenvalue weighted by Crippen LogP contribution is 2.36. The number of hydrogen-bond acceptors (Lipinski definition) is 3. The molecule has 4 heteroatoms. The molecule has 0 aliphatic heterocycles. The zero-order chi connectivity index (χ0) is 13.5. The van der Waals surface area contributed by atoms with Gasteiger partial charge in [-0.2, -0.15) is 5.10 Å². The van der Waals surface area contributed by atoms with Gasteiger partial charge in [0.1, 0.15) is 5.75 Å². The first-order valence-corrected chi connectivity index (χ1v) is 6.82. The van der Waals surface area contributed by atoms with E-state index in [0.717, 1.165) is 29.4 Å². The molecular weight excluding hydrogens is 250 g/mol. The SMILES string of the molecule is Oc1ccc2c(c1)CCC2Nc1cccc2[nH]ncc12. The van der Waals surface area contributed by atoms with Crippen LogP contribution in [0.3, 0.4) is 0 Å². The quantitative estimate of drug-likeness (QED) is 0.665. The van der Waals surface area contributed by atoms with E-state index >= 15 is 0 Å².